The van der Waals surface area contributed by atoms with Crippen molar-refractivity contribution >= 4 is 33.3 Å². The van der Waals surface area contributed by atoms with Crippen LogP contribution in [0.4, 0.5) is 9.52 Å². The molecular formula is C18H19FN4OS. The van der Waals surface area contributed by atoms with Gasteiger partial charge in [-0.2, -0.15) is 0 Å². The summed E-state index contributed by atoms with van der Waals surface area (Å²) in [5, 5.41) is 13.0. The van der Waals surface area contributed by atoms with Gasteiger partial charge in [-0.1, -0.05) is 31.1 Å². The molecule has 0 radical (unpaired) electrons. The molecule has 0 aliphatic carbocycles. The van der Waals surface area contributed by atoms with Crippen LogP contribution >= 0.6 is 11.3 Å². The summed E-state index contributed by atoms with van der Waals surface area (Å²) in [6.45, 7) is 3.88. The van der Waals surface area contributed by atoms with Gasteiger partial charge in [0, 0.05) is 17.9 Å². The van der Waals surface area contributed by atoms with E-state index in [1.807, 2.05) is 0 Å². The number of anilines is 1. The van der Waals surface area contributed by atoms with Gasteiger partial charge in [0.25, 0.3) is 5.91 Å². The molecule has 3 aromatic rings. The van der Waals surface area contributed by atoms with Gasteiger partial charge < -0.3 is 0 Å². The molecule has 2 heterocycles. The Bertz CT molecular complexity index is 909. The summed E-state index contributed by atoms with van der Waals surface area (Å²) in [7, 11) is 0. The number of carbonyl (C=O) groups excluding carboxylic acids is 1. The number of fused-ring (bicyclic) bond motifs is 1. The molecule has 1 aromatic carbocycles. The molecule has 1 N–H and O–H groups in total. The SMILES string of the molecule is CCCCCc1nnc(NC(=O)c2cc3ccc(F)cc3nc2C)s1. The molecule has 0 unspecified atom stereocenters. The average molecular weight is 358 g/mol. The van der Waals surface area contributed by atoms with E-state index in [2.05, 4.69) is 27.4 Å². The minimum atomic E-state index is -0.346. The number of pyridine rings is 1. The zero-order valence-corrected chi connectivity index (χ0v) is 15.0. The van der Waals surface area contributed by atoms with E-state index in [1.165, 1.54) is 23.5 Å². The molecule has 0 aliphatic heterocycles. The number of aryl methyl sites for hydroxylation is 2. The lowest BCUT2D eigenvalue weighted by Crippen LogP contribution is -2.14. The number of carbonyl (C=O) groups is 1. The second-order valence-corrected chi connectivity index (χ2v) is 6.93. The predicted molar refractivity (Wildman–Crippen MR) is 97.5 cm³/mol. The number of halogens is 1. The number of nitrogens with zero attached hydrogens (tertiary/aromatic N) is 3. The quantitative estimate of drug-likeness (QED) is 0.658. The number of hydrogen-bond donors (Lipinski definition) is 1. The van der Waals surface area contributed by atoms with E-state index in [9.17, 15) is 9.18 Å². The van der Waals surface area contributed by atoms with Crippen LogP contribution in [0.25, 0.3) is 10.9 Å². The van der Waals surface area contributed by atoms with E-state index in [0.29, 0.717) is 21.9 Å². The lowest BCUT2D eigenvalue weighted by molar-refractivity contribution is 0.102. The molecule has 0 saturated heterocycles. The molecule has 130 valence electrons. The minimum absolute atomic E-state index is 0.285. The summed E-state index contributed by atoms with van der Waals surface area (Å²) in [5.41, 5.74) is 1.52. The van der Waals surface area contributed by atoms with Crippen LogP contribution in [0.2, 0.25) is 0 Å². The average Bonchev–Trinajstić information content (AvgIpc) is 3.01. The van der Waals surface area contributed by atoms with Crippen LogP contribution in [-0.4, -0.2) is 21.1 Å². The second-order valence-electron chi connectivity index (χ2n) is 5.87. The van der Waals surface area contributed by atoms with Crippen LogP contribution in [0.5, 0.6) is 0 Å². The Kier molecular flexibility index (Phi) is 5.33. The molecule has 2 aromatic heterocycles. The summed E-state index contributed by atoms with van der Waals surface area (Å²) in [4.78, 5) is 16.8. The molecule has 5 nitrogen and oxygen atoms in total. The maximum Gasteiger partial charge on any atom is 0.259 e. The highest BCUT2D eigenvalue weighted by Crippen LogP contribution is 2.21. The first-order valence-corrected chi connectivity index (χ1v) is 9.09. The van der Waals surface area contributed by atoms with Crippen molar-refractivity contribution in [3.63, 3.8) is 0 Å². The molecule has 3 rings (SSSR count). The highest BCUT2D eigenvalue weighted by Gasteiger charge is 2.14. The van der Waals surface area contributed by atoms with E-state index in [-0.39, 0.29) is 11.7 Å². The van der Waals surface area contributed by atoms with E-state index in [1.54, 1.807) is 19.1 Å². The van der Waals surface area contributed by atoms with Gasteiger partial charge in [0.2, 0.25) is 5.13 Å². The molecule has 7 heteroatoms. The van der Waals surface area contributed by atoms with Crippen LogP contribution in [0.3, 0.4) is 0 Å². The molecule has 0 atom stereocenters. The fraction of sp³-hybridized carbons (Fsp3) is 0.333. The standard InChI is InChI=1S/C18H19FN4OS/c1-3-4-5-6-16-22-23-18(25-16)21-17(24)14-9-12-7-8-13(19)10-15(12)20-11(14)2/h7-10H,3-6H2,1-2H3,(H,21,23,24). The number of aromatic nitrogens is 3. The number of benzene rings is 1. The lowest BCUT2D eigenvalue weighted by atomic mass is 10.1. The van der Waals surface area contributed by atoms with E-state index < -0.39 is 0 Å². The van der Waals surface area contributed by atoms with Gasteiger partial charge in [-0.3, -0.25) is 15.1 Å². The second kappa shape index (κ2) is 7.65. The monoisotopic (exact) mass is 358 g/mol. The smallest absolute Gasteiger partial charge is 0.259 e. The van der Waals surface area contributed by atoms with Crippen LogP contribution in [0.1, 0.15) is 47.2 Å². The van der Waals surface area contributed by atoms with Crippen molar-refractivity contribution in [1.82, 2.24) is 15.2 Å². The highest BCUT2D eigenvalue weighted by molar-refractivity contribution is 7.15. The predicted octanol–water partition coefficient (Wildman–Crippen LogP) is 4.52. The van der Waals surface area contributed by atoms with Gasteiger partial charge in [-0.15, -0.1) is 10.2 Å². The first-order valence-electron chi connectivity index (χ1n) is 8.27. The minimum Gasteiger partial charge on any atom is -0.296 e. The first kappa shape index (κ1) is 17.4. The molecular weight excluding hydrogens is 339 g/mol. The third-order valence-electron chi connectivity index (χ3n) is 3.90. The molecule has 0 spiro atoms. The fourth-order valence-electron chi connectivity index (χ4n) is 2.56. The molecule has 0 saturated carbocycles. The van der Waals surface area contributed by atoms with Gasteiger partial charge in [-0.05, 0) is 31.5 Å². The van der Waals surface area contributed by atoms with Crippen LogP contribution in [0.15, 0.2) is 24.3 Å². The Labute approximate surface area is 149 Å². The van der Waals surface area contributed by atoms with Crippen molar-refractivity contribution in [1.29, 1.82) is 0 Å². The van der Waals surface area contributed by atoms with Gasteiger partial charge in [0.1, 0.15) is 10.8 Å². The molecule has 0 aliphatic rings. The Morgan fingerprint density at radius 1 is 1.24 bits per heavy atom. The summed E-state index contributed by atoms with van der Waals surface area (Å²) in [6, 6.07) is 6.05. The Morgan fingerprint density at radius 3 is 2.88 bits per heavy atom. The zero-order valence-electron chi connectivity index (χ0n) is 14.2. The van der Waals surface area contributed by atoms with Gasteiger partial charge in [-0.25, -0.2) is 4.39 Å². The third-order valence-corrected chi connectivity index (χ3v) is 4.79. The van der Waals surface area contributed by atoms with Gasteiger partial charge in [0.15, 0.2) is 0 Å². The lowest BCUT2D eigenvalue weighted by Gasteiger charge is -2.07. The number of rotatable bonds is 6. The Hall–Kier alpha value is -2.41. The summed E-state index contributed by atoms with van der Waals surface area (Å²) < 4.78 is 13.3. The largest absolute Gasteiger partial charge is 0.296 e. The van der Waals surface area contributed by atoms with E-state index in [4.69, 9.17) is 0 Å². The van der Waals surface area contributed by atoms with Crippen molar-refractivity contribution < 1.29 is 9.18 Å². The van der Waals surface area contributed by atoms with Gasteiger partial charge in [0.05, 0.1) is 16.8 Å². The Balaban J connectivity index is 1.76. The van der Waals surface area contributed by atoms with Crippen molar-refractivity contribution in [2.75, 3.05) is 5.32 Å². The van der Waals surface area contributed by atoms with Crippen LogP contribution in [0, 0.1) is 12.7 Å². The van der Waals surface area contributed by atoms with Crippen LogP contribution in [-0.2, 0) is 6.42 Å². The topological polar surface area (TPSA) is 67.8 Å². The highest BCUT2D eigenvalue weighted by atomic mass is 32.1. The van der Waals surface area contributed by atoms with Crippen molar-refractivity contribution in [3.05, 3.63) is 46.3 Å². The third kappa shape index (κ3) is 4.17. The number of nitrogens with one attached hydrogen (secondary N) is 1. The van der Waals surface area contributed by atoms with Crippen molar-refractivity contribution in [2.45, 2.75) is 39.5 Å². The van der Waals surface area contributed by atoms with Crippen molar-refractivity contribution in [2.24, 2.45) is 0 Å². The maximum atomic E-state index is 13.3. The number of hydrogen-bond acceptors (Lipinski definition) is 5. The van der Waals surface area contributed by atoms with Gasteiger partial charge >= 0.3 is 0 Å². The molecule has 0 bridgehead atoms. The Morgan fingerprint density at radius 2 is 2.08 bits per heavy atom. The molecule has 1 amide bonds. The molecule has 0 fully saturated rings. The summed E-state index contributed by atoms with van der Waals surface area (Å²) in [6.07, 6.45) is 4.26. The number of amides is 1. The number of unbranched alkanes of at least 4 members (excludes halogenated alkanes) is 2. The zero-order chi connectivity index (χ0) is 17.8. The maximum absolute atomic E-state index is 13.3. The summed E-state index contributed by atoms with van der Waals surface area (Å²) >= 11 is 1.39. The summed E-state index contributed by atoms with van der Waals surface area (Å²) in [5.74, 6) is -0.631. The molecule has 25 heavy (non-hydrogen) atoms. The normalized spacial score (nSPS) is 11.0. The fourth-order valence-corrected chi connectivity index (χ4v) is 3.34. The first-order chi connectivity index (χ1) is 12.1. The van der Waals surface area contributed by atoms with Crippen molar-refractivity contribution in [3.8, 4) is 0 Å². The van der Waals surface area contributed by atoms with Crippen LogP contribution < -0.4 is 5.32 Å². The van der Waals surface area contributed by atoms with E-state index in [0.717, 1.165) is 36.1 Å². The van der Waals surface area contributed by atoms with E-state index >= 15 is 0 Å².